The highest BCUT2D eigenvalue weighted by atomic mass is 16.5. The smallest absolute Gasteiger partial charge is 0.119 e. The van der Waals surface area contributed by atoms with Crippen molar-refractivity contribution in [1.82, 2.24) is 5.32 Å². The van der Waals surface area contributed by atoms with Gasteiger partial charge < -0.3 is 14.5 Å². The minimum atomic E-state index is 0.204. The van der Waals surface area contributed by atoms with Crippen molar-refractivity contribution in [3.63, 3.8) is 0 Å². The Morgan fingerprint density at radius 2 is 1.69 bits per heavy atom. The Labute approximate surface area is 156 Å². The largest absolute Gasteiger partial charge is 0.491 e. The monoisotopic (exact) mass is 349 g/mol. The molecule has 0 bridgehead atoms. The first-order valence-electron chi connectivity index (χ1n) is 9.27. The lowest BCUT2D eigenvalue weighted by molar-refractivity contribution is 0.242. The second-order valence-electron chi connectivity index (χ2n) is 6.75. The summed E-state index contributed by atoms with van der Waals surface area (Å²) in [5.74, 6) is 2.22. The summed E-state index contributed by atoms with van der Waals surface area (Å²) in [5, 5.41) is 3.54. The van der Waals surface area contributed by atoms with E-state index in [2.05, 4.69) is 47.8 Å². The number of benzene rings is 2. The Bertz CT molecular complexity index is 749. The fourth-order valence-corrected chi connectivity index (χ4v) is 3.09. The first-order valence-corrected chi connectivity index (χ1v) is 9.27. The van der Waals surface area contributed by atoms with Crippen LogP contribution >= 0.6 is 0 Å². The van der Waals surface area contributed by atoms with Crippen LogP contribution in [0.3, 0.4) is 0 Å². The average Bonchev–Trinajstić information content (AvgIpc) is 3.18. The summed E-state index contributed by atoms with van der Waals surface area (Å²) in [6.07, 6.45) is 2.95. The molecule has 26 heavy (non-hydrogen) atoms. The van der Waals surface area contributed by atoms with Crippen molar-refractivity contribution in [2.75, 3.05) is 6.54 Å². The van der Waals surface area contributed by atoms with Crippen LogP contribution in [0.2, 0.25) is 0 Å². The molecule has 3 nitrogen and oxygen atoms in total. The highest BCUT2D eigenvalue weighted by Gasteiger charge is 2.16. The van der Waals surface area contributed by atoms with Crippen LogP contribution in [0, 0.1) is 0 Å². The van der Waals surface area contributed by atoms with E-state index >= 15 is 0 Å². The molecule has 1 aromatic heterocycles. The molecule has 136 valence electrons. The van der Waals surface area contributed by atoms with Crippen LogP contribution in [0.25, 0.3) is 0 Å². The van der Waals surface area contributed by atoms with Gasteiger partial charge in [0.1, 0.15) is 11.5 Å². The van der Waals surface area contributed by atoms with Crippen LogP contribution in [0.1, 0.15) is 43.1 Å². The second kappa shape index (κ2) is 9.25. The van der Waals surface area contributed by atoms with E-state index < -0.39 is 0 Å². The highest BCUT2D eigenvalue weighted by molar-refractivity contribution is 5.28. The molecule has 2 aromatic carbocycles. The lowest BCUT2D eigenvalue weighted by Crippen LogP contribution is -2.17. The van der Waals surface area contributed by atoms with Crippen LogP contribution in [0.4, 0.5) is 0 Å². The summed E-state index contributed by atoms with van der Waals surface area (Å²) in [7, 11) is 0. The number of furan rings is 1. The maximum Gasteiger partial charge on any atom is 0.119 e. The first kappa shape index (κ1) is 18.3. The molecule has 0 saturated heterocycles. The molecule has 3 rings (SSSR count). The summed E-state index contributed by atoms with van der Waals surface area (Å²) in [5.41, 5.74) is 2.55. The standard InChI is InChI=1S/C23H27NO2/c1-18(2)26-21-12-10-19(11-13-21)17-24-15-14-22(23-9-6-16-25-23)20-7-4-3-5-8-20/h3-13,16,18,22,24H,14-15,17H2,1-2H3/t22-/m1/s1. The fraction of sp³-hybridized carbons (Fsp3) is 0.304. The predicted molar refractivity (Wildman–Crippen MR) is 106 cm³/mol. The summed E-state index contributed by atoms with van der Waals surface area (Å²) in [6.45, 7) is 5.85. The van der Waals surface area contributed by atoms with Gasteiger partial charge in [-0.15, -0.1) is 0 Å². The van der Waals surface area contributed by atoms with Crippen molar-refractivity contribution in [3.05, 3.63) is 89.9 Å². The molecule has 0 aliphatic carbocycles. The van der Waals surface area contributed by atoms with Gasteiger partial charge in [-0.25, -0.2) is 0 Å². The van der Waals surface area contributed by atoms with Gasteiger partial charge in [0.15, 0.2) is 0 Å². The SMILES string of the molecule is CC(C)Oc1ccc(CNCC[C@H](c2ccccc2)c2ccco2)cc1. The molecule has 0 radical (unpaired) electrons. The average molecular weight is 349 g/mol. The highest BCUT2D eigenvalue weighted by Crippen LogP contribution is 2.27. The van der Waals surface area contributed by atoms with Crippen molar-refractivity contribution in [3.8, 4) is 5.75 Å². The van der Waals surface area contributed by atoms with Crippen LogP contribution in [-0.2, 0) is 6.54 Å². The molecule has 0 spiro atoms. The Morgan fingerprint density at radius 3 is 2.35 bits per heavy atom. The van der Waals surface area contributed by atoms with Gasteiger partial charge in [-0.05, 0) is 62.2 Å². The zero-order valence-electron chi connectivity index (χ0n) is 15.5. The zero-order valence-corrected chi connectivity index (χ0v) is 15.5. The number of hydrogen-bond acceptors (Lipinski definition) is 3. The third-order valence-electron chi connectivity index (χ3n) is 4.32. The van der Waals surface area contributed by atoms with Crippen LogP contribution in [-0.4, -0.2) is 12.6 Å². The number of hydrogen-bond donors (Lipinski definition) is 1. The normalized spacial score (nSPS) is 12.3. The summed E-state index contributed by atoms with van der Waals surface area (Å²) >= 11 is 0. The van der Waals surface area contributed by atoms with Gasteiger partial charge in [0.25, 0.3) is 0 Å². The lowest BCUT2D eigenvalue weighted by atomic mass is 9.93. The third kappa shape index (κ3) is 5.24. The van der Waals surface area contributed by atoms with E-state index in [0.29, 0.717) is 0 Å². The predicted octanol–water partition coefficient (Wildman–Crippen LogP) is 5.38. The minimum absolute atomic E-state index is 0.204. The molecule has 3 aromatic rings. The van der Waals surface area contributed by atoms with Crippen LogP contribution < -0.4 is 10.1 Å². The van der Waals surface area contributed by atoms with E-state index in [1.807, 2.05) is 38.1 Å². The van der Waals surface area contributed by atoms with Crippen molar-refractivity contribution >= 4 is 0 Å². The van der Waals surface area contributed by atoms with Gasteiger partial charge in [-0.1, -0.05) is 42.5 Å². The van der Waals surface area contributed by atoms with E-state index in [4.69, 9.17) is 9.15 Å². The molecule has 1 N–H and O–H groups in total. The van der Waals surface area contributed by atoms with E-state index in [-0.39, 0.29) is 12.0 Å². The molecule has 0 fully saturated rings. The molecular weight excluding hydrogens is 322 g/mol. The van der Waals surface area contributed by atoms with Crippen LogP contribution in [0.5, 0.6) is 5.75 Å². The van der Waals surface area contributed by atoms with Crippen molar-refractivity contribution < 1.29 is 9.15 Å². The van der Waals surface area contributed by atoms with Gasteiger partial charge in [0.05, 0.1) is 12.4 Å². The maximum atomic E-state index is 5.69. The zero-order chi connectivity index (χ0) is 18.2. The Balaban J connectivity index is 1.52. The summed E-state index contributed by atoms with van der Waals surface area (Å²) < 4.78 is 11.4. The van der Waals surface area contributed by atoms with Crippen molar-refractivity contribution in [2.24, 2.45) is 0 Å². The number of ether oxygens (including phenoxy) is 1. The van der Waals surface area contributed by atoms with Crippen LogP contribution in [0.15, 0.2) is 77.4 Å². The van der Waals surface area contributed by atoms with Crippen molar-refractivity contribution in [1.29, 1.82) is 0 Å². The molecule has 0 unspecified atom stereocenters. The Hall–Kier alpha value is -2.52. The Morgan fingerprint density at radius 1 is 0.923 bits per heavy atom. The quantitative estimate of drug-likeness (QED) is 0.527. The fourth-order valence-electron chi connectivity index (χ4n) is 3.09. The summed E-state index contributed by atoms with van der Waals surface area (Å²) in [4.78, 5) is 0. The number of nitrogens with one attached hydrogen (secondary N) is 1. The van der Waals surface area contributed by atoms with Crippen molar-refractivity contribution in [2.45, 2.75) is 38.8 Å². The van der Waals surface area contributed by atoms with Gasteiger partial charge in [-0.2, -0.15) is 0 Å². The molecule has 0 aliphatic heterocycles. The molecule has 1 heterocycles. The molecule has 3 heteroatoms. The molecule has 1 atom stereocenters. The molecule has 0 amide bonds. The van der Waals surface area contributed by atoms with Gasteiger partial charge in [0.2, 0.25) is 0 Å². The van der Waals surface area contributed by atoms with Gasteiger partial charge >= 0.3 is 0 Å². The van der Waals surface area contributed by atoms with E-state index in [1.165, 1.54) is 11.1 Å². The minimum Gasteiger partial charge on any atom is -0.491 e. The van der Waals surface area contributed by atoms with E-state index in [1.54, 1.807) is 6.26 Å². The topological polar surface area (TPSA) is 34.4 Å². The molecule has 0 saturated carbocycles. The van der Waals surface area contributed by atoms with E-state index in [9.17, 15) is 0 Å². The molecular formula is C23H27NO2. The summed E-state index contributed by atoms with van der Waals surface area (Å²) in [6, 6.07) is 22.9. The Kier molecular flexibility index (Phi) is 6.50. The first-order chi connectivity index (χ1) is 12.7. The van der Waals surface area contributed by atoms with Gasteiger partial charge in [0, 0.05) is 12.5 Å². The second-order valence-corrected chi connectivity index (χ2v) is 6.75. The third-order valence-corrected chi connectivity index (χ3v) is 4.32. The number of rotatable bonds is 9. The van der Waals surface area contributed by atoms with Gasteiger partial charge in [-0.3, -0.25) is 0 Å². The maximum absolute atomic E-state index is 5.69. The van der Waals surface area contributed by atoms with E-state index in [0.717, 1.165) is 31.0 Å². The lowest BCUT2D eigenvalue weighted by Gasteiger charge is -2.16. The molecule has 0 aliphatic rings.